The lowest BCUT2D eigenvalue weighted by molar-refractivity contribution is -0.111. The molecule has 2 atom stereocenters. The van der Waals surface area contributed by atoms with E-state index in [1.54, 1.807) is 54.6 Å². The standard InChI is InChI=1S/C20H24N2O4/c1-14(6-11-19(24)22-18-5-3-2-4-17(18)21)20(25)15-7-9-16(10-8-15)26-13-12-23/h2-11,14,20,23,25H,12-13,21H2,1H3,(H,22,24)/b11-6+/t14-,20+/m0/s1. The number of benzene rings is 2. The summed E-state index contributed by atoms with van der Waals surface area (Å²) in [6.45, 7) is 1.99. The largest absolute Gasteiger partial charge is 0.491 e. The van der Waals surface area contributed by atoms with Gasteiger partial charge in [0, 0.05) is 5.92 Å². The van der Waals surface area contributed by atoms with Crippen molar-refractivity contribution in [3.63, 3.8) is 0 Å². The number of aliphatic hydroxyl groups is 2. The van der Waals surface area contributed by atoms with Gasteiger partial charge in [0.15, 0.2) is 0 Å². The molecule has 0 aliphatic heterocycles. The zero-order valence-electron chi connectivity index (χ0n) is 14.6. The molecule has 0 saturated carbocycles. The first-order valence-corrected chi connectivity index (χ1v) is 8.36. The third-order valence-corrected chi connectivity index (χ3v) is 3.85. The molecule has 0 heterocycles. The lowest BCUT2D eigenvalue weighted by atomic mass is 9.97. The summed E-state index contributed by atoms with van der Waals surface area (Å²) in [4.78, 5) is 12.0. The topological polar surface area (TPSA) is 105 Å². The maximum atomic E-state index is 12.0. The molecule has 6 heteroatoms. The van der Waals surface area contributed by atoms with Crippen molar-refractivity contribution in [1.82, 2.24) is 0 Å². The molecule has 6 nitrogen and oxygen atoms in total. The highest BCUT2D eigenvalue weighted by molar-refractivity contribution is 6.01. The molecule has 0 spiro atoms. The van der Waals surface area contributed by atoms with E-state index in [0.29, 0.717) is 22.7 Å². The van der Waals surface area contributed by atoms with Gasteiger partial charge in [0.05, 0.1) is 24.1 Å². The summed E-state index contributed by atoms with van der Waals surface area (Å²) < 4.78 is 5.29. The van der Waals surface area contributed by atoms with E-state index in [-0.39, 0.29) is 25.0 Å². The van der Waals surface area contributed by atoms with Crippen LogP contribution in [-0.4, -0.2) is 29.3 Å². The van der Waals surface area contributed by atoms with Crippen molar-refractivity contribution in [2.45, 2.75) is 13.0 Å². The molecule has 138 valence electrons. The number of carbonyl (C=O) groups is 1. The maximum absolute atomic E-state index is 12.0. The summed E-state index contributed by atoms with van der Waals surface area (Å²) >= 11 is 0. The van der Waals surface area contributed by atoms with Gasteiger partial charge in [-0.3, -0.25) is 4.79 Å². The number of para-hydroxylation sites is 2. The Labute approximate surface area is 152 Å². The first-order chi connectivity index (χ1) is 12.5. The minimum Gasteiger partial charge on any atom is -0.491 e. The van der Waals surface area contributed by atoms with Crippen LogP contribution in [0.1, 0.15) is 18.6 Å². The number of rotatable bonds is 8. The minimum absolute atomic E-state index is 0.0527. The van der Waals surface area contributed by atoms with Gasteiger partial charge in [-0.1, -0.05) is 37.3 Å². The summed E-state index contributed by atoms with van der Waals surface area (Å²) in [7, 11) is 0. The summed E-state index contributed by atoms with van der Waals surface area (Å²) in [5.41, 5.74) is 7.54. The molecule has 0 fully saturated rings. The van der Waals surface area contributed by atoms with Crippen molar-refractivity contribution >= 4 is 17.3 Å². The van der Waals surface area contributed by atoms with E-state index in [0.717, 1.165) is 0 Å². The lowest BCUT2D eigenvalue weighted by Gasteiger charge is -2.16. The van der Waals surface area contributed by atoms with E-state index in [2.05, 4.69) is 5.32 Å². The fraction of sp³-hybridized carbons (Fsp3) is 0.250. The maximum Gasteiger partial charge on any atom is 0.248 e. The van der Waals surface area contributed by atoms with E-state index >= 15 is 0 Å². The molecular weight excluding hydrogens is 332 g/mol. The fourth-order valence-electron chi connectivity index (χ4n) is 2.36. The molecular formula is C20H24N2O4. The number of amides is 1. The molecule has 0 bridgehead atoms. The van der Waals surface area contributed by atoms with Gasteiger partial charge in [-0.25, -0.2) is 0 Å². The van der Waals surface area contributed by atoms with E-state index in [4.69, 9.17) is 15.6 Å². The van der Waals surface area contributed by atoms with Gasteiger partial charge < -0.3 is 26.0 Å². The molecule has 0 saturated heterocycles. The number of hydrogen-bond donors (Lipinski definition) is 4. The zero-order valence-corrected chi connectivity index (χ0v) is 14.6. The second-order valence-corrected chi connectivity index (χ2v) is 5.88. The van der Waals surface area contributed by atoms with Crippen LogP contribution >= 0.6 is 0 Å². The molecule has 2 aromatic carbocycles. The van der Waals surface area contributed by atoms with E-state index in [9.17, 15) is 9.90 Å². The van der Waals surface area contributed by atoms with Crippen molar-refractivity contribution in [3.05, 3.63) is 66.2 Å². The molecule has 5 N–H and O–H groups in total. The Morgan fingerprint density at radius 2 is 1.92 bits per heavy atom. The Balaban J connectivity index is 1.93. The molecule has 0 aliphatic carbocycles. The van der Waals surface area contributed by atoms with Gasteiger partial charge in [0.1, 0.15) is 12.4 Å². The number of carbonyl (C=O) groups excluding carboxylic acids is 1. The van der Waals surface area contributed by atoms with Gasteiger partial charge in [-0.2, -0.15) is 0 Å². The lowest BCUT2D eigenvalue weighted by Crippen LogP contribution is -2.12. The van der Waals surface area contributed by atoms with Crippen LogP contribution in [-0.2, 0) is 4.79 Å². The highest BCUT2D eigenvalue weighted by atomic mass is 16.5. The number of hydrogen-bond acceptors (Lipinski definition) is 5. The Morgan fingerprint density at radius 3 is 2.58 bits per heavy atom. The predicted octanol–water partition coefficient (Wildman–Crippen LogP) is 2.50. The van der Waals surface area contributed by atoms with E-state index in [1.165, 1.54) is 6.08 Å². The number of nitrogens with one attached hydrogen (secondary N) is 1. The monoisotopic (exact) mass is 356 g/mol. The average Bonchev–Trinajstić information content (AvgIpc) is 2.66. The van der Waals surface area contributed by atoms with Crippen LogP contribution < -0.4 is 15.8 Å². The highest BCUT2D eigenvalue weighted by Crippen LogP contribution is 2.25. The zero-order chi connectivity index (χ0) is 18.9. The summed E-state index contributed by atoms with van der Waals surface area (Å²) in [5, 5.41) is 21.9. The first-order valence-electron chi connectivity index (χ1n) is 8.36. The second kappa shape index (κ2) is 9.60. The third-order valence-electron chi connectivity index (χ3n) is 3.85. The van der Waals surface area contributed by atoms with E-state index in [1.807, 2.05) is 6.92 Å². The van der Waals surface area contributed by atoms with Crippen LogP contribution in [0.25, 0.3) is 0 Å². The smallest absolute Gasteiger partial charge is 0.248 e. The fourth-order valence-corrected chi connectivity index (χ4v) is 2.36. The van der Waals surface area contributed by atoms with Crippen LogP contribution in [0.2, 0.25) is 0 Å². The third kappa shape index (κ3) is 5.61. The normalized spacial score (nSPS) is 13.3. The van der Waals surface area contributed by atoms with Gasteiger partial charge >= 0.3 is 0 Å². The molecule has 0 radical (unpaired) electrons. The summed E-state index contributed by atoms with van der Waals surface area (Å²) in [6, 6.07) is 14.0. The van der Waals surface area contributed by atoms with Crippen LogP contribution in [0.5, 0.6) is 5.75 Å². The molecule has 1 amide bonds. The highest BCUT2D eigenvalue weighted by Gasteiger charge is 2.14. The Morgan fingerprint density at radius 1 is 1.23 bits per heavy atom. The predicted molar refractivity (Wildman–Crippen MR) is 102 cm³/mol. The SMILES string of the molecule is C[C@@H](/C=C/C(=O)Nc1ccccc1N)[C@@H](O)c1ccc(OCCO)cc1. The van der Waals surface area contributed by atoms with Gasteiger partial charge in [0.2, 0.25) is 5.91 Å². The number of nitrogens with two attached hydrogens (primary N) is 1. The van der Waals surface area contributed by atoms with Gasteiger partial charge in [-0.05, 0) is 35.9 Å². The molecule has 0 aromatic heterocycles. The van der Waals surface area contributed by atoms with Gasteiger partial charge in [0.25, 0.3) is 0 Å². The summed E-state index contributed by atoms with van der Waals surface area (Å²) in [6.07, 6.45) is 2.28. The van der Waals surface area contributed by atoms with Crippen molar-refractivity contribution in [2.24, 2.45) is 5.92 Å². The number of aliphatic hydroxyl groups excluding tert-OH is 2. The molecule has 0 unspecified atom stereocenters. The van der Waals surface area contributed by atoms with Crippen LogP contribution in [0, 0.1) is 5.92 Å². The quantitative estimate of drug-likeness (QED) is 0.430. The molecule has 2 rings (SSSR count). The first kappa shape index (κ1) is 19.5. The summed E-state index contributed by atoms with van der Waals surface area (Å²) in [5.74, 6) is 0.0470. The van der Waals surface area contributed by atoms with Crippen LogP contribution in [0.15, 0.2) is 60.7 Å². The van der Waals surface area contributed by atoms with Crippen molar-refractivity contribution in [1.29, 1.82) is 0 Å². The number of ether oxygens (including phenoxy) is 1. The van der Waals surface area contributed by atoms with Crippen molar-refractivity contribution in [2.75, 3.05) is 24.3 Å². The molecule has 26 heavy (non-hydrogen) atoms. The van der Waals surface area contributed by atoms with E-state index < -0.39 is 6.10 Å². The Hall–Kier alpha value is -2.83. The molecule has 0 aliphatic rings. The van der Waals surface area contributed by atoms with Crippen molar-refractivity contribution in [3.8, 4) is 5.75 Å². The Bertz CT molecular complexity index is 744. The Kier molecular flexibility index (Phi) is 7.20. The van der Waals surface area contributed by atoms with Crippen LogP contribution in [0.4, 0.5) is 11.4 Å². The average molecular weight is 356 g/mol. The minimum atomic E-state index is -0.757. The number of anilines is 2. The second-order valence-electron chi connectivity index (χ2n) is 5.88. The van der Waals surface area contributed by atoms with Crippen molar-refractivity contribution < 1.29 is 19.7 Å². The molecule has 2 aromatic rings. The number of nitrogen functional groups attached to an aromatic ring is 1. The van der Waals surface area contributed by atoms with Crippen LogP contribution in [0.3, 0.4) is 0 Å². The van der Waals surface area contributed by atoms with Gasteiger partial charge in [-0.15, -0.1) is 0 Å².